The van der Waals surface area contributed by atoms with Gasteiger partial charge < -0.3 is 13.7 Å². The van der Waals surface area contributed by atoms with Gasteiger partial charge in [0.1, 0.15) is 22.3 Å². The zero-order valence-electron chi connectivity index (χ0n) is 48.5. The molecule has 420 valence electrons. The average Bonchev–Trinajstić information content (AvgIpc) is 1.36. The van der Waals surface area contributed by atoms with E-state index in [0.717, 1.165) is 61.6 Å². The standard InChI is InChI=1S/C42H27NO.C25H18O.C18H11Cl/c1-2-8-28(9-3-1)29-14-19-32(20-15-29)43(34-22-25-42-40(27-34)38-12-6-7-13-41(38)44-42)33-21-16-31-18-23-36-35-11-5-4-10-30(35)17-24-37(36)39(31)26-33;1-2-6-20(7-3-1)21-13-10-18(11-14-21)16-19-12-15-25-23(17-19)22-8-4-5-9-24(22)26-25;19-14-8-5-13-7-9-16-15-4-2-1-3-12(15)6-10-17(16)18(13)11-14/h1-27H;1-15,17H,16H2;1-11H. The molecule has 2 heterocycles. The summed E-state index contributed by atoms with van der Waals surface area (Å²) in [6.07, 6.45) is 0.921. The highest BCUT2D eigenvalue weighted by Gasteiger charge is 2.18. The fraction of sp³-hybridized carbons (Fsp3) is 0.0118. The molecule has 0 spiro atoms. The van der Waals surface area contributed by atoms with Gasteiger partial charge in [-0.25, -0.2) is 0 Å². The Labute approximate surface area is 520 Å². The van der Waals surface area contributed by atoms with Crippen molar-refractivity contribution in [2.75, 3.05) is 4.90 Å². The van der Waals surface area contributed by atoms with Gasteiger partial charge in [0.25, 0.3) is 0 Å². The molecule has 18 aromatic rings. The van der Waals surface area contributed by atoms with E-state index in [-0.39, 0.29) is 0 Å². The van der Waals surface area contributed by atoms with Crippen molar-refractivity contribution in [1.82, 2.24) is 0 Å². The summed E-state index contributed by atoms with van der Waals surface area (Å²) in [5, 5.41) is 20.5. The number of hydrogen-bond acceptors (Lipinski definition) is 3. The van der Waals surface area contributed by atoms with Crippen molar-refractivity contribution in [1.29, 1.82) is 0 Å². The number of nitrogens with zero attached hydrogens (tertiary/aromatic N) is 1. The molecule has 0 bridgehead atoms. The topological polar surface area (TPSA) is 29.5 Å². The van der Waals surface area contributed by atoms with E-state index in [1.54, 1.807) is 0 Å². The lowest BCUT2D eigenvalue weighted by molar-refractivity contribution is 0.668. The smallest absolute Gasteiger partial charge is 0.135 e. The summed E-state index contributed by atoms with van der Waals surface area (Å²) in [6.45, 7) is 0. The molecule has 2 aromatic heterocycles. The maximum atomic E-state index is 6.19. The molecule has 18 rings (SSSR count). The quantitative estimate of drug-likeness (QED) is 0.149. The lowest BCUT2D eigenvalue weighted by Crippen LogP contribution is -2.09. The van der Waals surface area contributed by atoms with Crippen molar-refractivity contribution >= 4 is 137 Å². The van der Waals surface area contributed by atoms with Crippen LogP contribution in [0.5, 0.6) is 0 Å². The maximum absolute atomic E-state index is 6.19. The Bertz CT molecular complexity index is 5650. The van der Waals surface area contributed by atoms with Gasteiger partial charge in [-0.2, -0.15) is 0 Å². The van der Waals surface area contributed by atoms with E-state index in [1.165, 1.54) is 109 Å². The summed E-state index contributed by atoms with van der Waals surface area (Å²) < 4.78 is 12.1. The van der Waals surface area contributed by atoms with E-state index >= 15 is 0 Å². The molecule has 0 atom stereocenters. The van der Waals surface area contributed by atoms with Crippen molar-refractivity contribution in [3.05, 3.63) is 344 Å². The molecule has 0 N–H and O–H groups in total. The first-order valence-electron chi connectivity index (χ1n) is 30.3. The molecular weight excluding hydrogens is 1100 g/mol. The molecule has 0 radical (unpaired) electrons. The third-order valence-corrected chi connectivity index (χ3v) is 17.7. The first-order chi connectivity index (χ1) is 44.0. The van der Waals surface area contributed by atoms with Crippen LogP contribution in [0.1, 0.15) is 11.1 Å². The van der Waals surface area contributed by atoms with Gasteiger partial charge in [-0.3, -0.25) is 0 Å². The molecule has 4 heteroatoms. The van der Waals surface area contributed by atoms with E-state index < -0.39 is 0 Å². The van der Waals surface area contributed by atoms with Crippen LogP contribution in [0.2, 0.25) is 5.02 Å². The molecule has 0 aliphatic carbocycles. The summed E-state index contributed by atoms with van der Waals surface area (Å²) in [7, 11) is 0. The van der Waals surface area contributed by atoms with E-state index in [0.29, 0.717) is 0 Å². The van der Waals surface area contributed by atoms with Gasteiger partial charge in [-0.05, 0) is 183 Å². The van der Waals surface area contributed by atoms with Crippen molar-refractivity contribution in [3.8, 4) is 22.3 Å². The summed E-state index contributed by atoms with van der Waals surface area (Å²) in [6, 6.07) is 116. The van der Waals surface area contributed by atoms with Crippen LogP contribution in [0.15, 0.2) is 336 Å². The average molecular weight is 1160 g/mol. The van der Waals surface area contributed by atoms with E-state index in [9.17, 15) is 0 Å². The molecule has 3 nitrogen and oxygen atoms in total. The number of rotatable bonds is 7. The first-order valence-corrected chi connectivity index (χ1v) is 30.6. The molecule has 0 saturated heterocycles. The van der Waals surface area contributed by atoms with Crippen LogP contribution in [0.3, 0.4) is 0 Å². The molecule has 0 fully saturated rings. The third kappa shape index (κ3) is 10.2. The number of fused-ring (bicyclic) bond motifs is 16. The number of furan rings is 2. The highest BCUT2D eigenvalue weighted by molar-refractivity contribution is 6.32. The Kier molecular flexibility index (Phi) is 13.7. The second-order valence-corrected chi connectivity index (χ2v) is 23.3. The second-order valence-electron chi connectivity index (χ2n) is 22.9. The Morgan fingerprint density at radius 2 is 0.584 bits per heavy atom. The van der Waals surface area contributed by atoms with Crippen LogP contribution < -0.4 is 4.90 Å². The molecular formula is C85H56ClNO2. The Hall–Kier alpha value is -11.2. The number of halogens is 1. The molecule has 89 heavy (non-hydrogen) atoms. The lowest BCUT2D eigenvalue weighted by atomic mass is 9.96. The van der Waals surface area contributed by atoms with Crippen molar-refractivity contribution in [2.45, 2.75) is 6.42 Å². The lowest BCUT2D eigenvalue weighted by Gasteiger charge is -2.26. The molecule has 0 amide bonds. The van der Waals surface area contributed by atoms with Crippen molar-refractivity contribution < 1.29 is 8.83 Å². The molecule has 0 aliphatic heterocycles. The van der Waals surface area contributed by atoms with Gasteiger partial charge in [-0.1, -0.05) is 260 Å². The van der Waals surface area contributed by atoms with Crippen LogP contribution in [-0.2, 0) is 6.42 Å². The summed E-state index contributed by atoms with van der Waals surface area (Å²) in [4.78, 5) is 2.36. The van der Waals surface area contributed by atoms with Gasteiger partial charge in [-0.15, -0.1) is 0 Å². The predicted octanol–water partition coefficient (Wildman–Crippen LogP) is 24.8. The van der Waals surface area contributed by atoms with E-state index in [4.69, 9.17) is 20.4 Å². The number of benzene rings is 16. The minimum atomic E-state index is 0.785. The third-order valence-electron chi connectivity index (χ3n) is 17.5. The van der Waals surface area contributed by atoms with Crippen LogP contribution >= 0.6 is 11.6 Å². The molecule has 0 unspecified atom stereocenters. The van der Waals surface area contributed by atoms with Crippen LogP contribution in [0.4, 0.5) is 17.1 Å². The SMILES string of the molecule is Clc1ccc2ccc3c4ccccc4ccc3c2c1.c1ccc(-c2ccc(Cc3ccc4oc5ccccc5c4c3)cc2)cc1.c1ccc(-c2ccc(N(c3ccc4ccc5c6ccccc6ccc5c4c3)c3ccc4oc5ccccc5c4c3)cc2)cc1. The van der Waals surface area contributed by atoms with Crippen molar-refractivity contribution in [3.63, 3.8) is 0 Å². The largest absolute Gasteiger partial charge is 0.456 e. The zero-order chi connectivity index (χ0) is 59.2. The molecule has 16 aromatic carbocycles. The highest BCUT2D eigenvalue weighted by Crippen LogP contribution is 2.42. The van der Waals surface area contributed by atoms with Gasteiger partial charge in [0.2, 0.25) is 0 Å². The number of anilines is 3. The number of para-hydroxylation sites is 2. The fourth-order valence-electron chi connectivity index (χ4n) is 13.0. The Balaban J connectivity index is 0.000000119. The monoisotopic (exact) mass is 1160 g/mol. The first kappa shape index (κ1) is 53.3. The van der Waals surface area contributed by atoms with Gasteiger partial charge in [0, 0.05) is 43.6 Å². The molecule has 0 aliphatic rings. The van der Waals surface area contributed by atoms with Crippen LogP contribution in [-0.4, -0.2) is 0 Å². The summed E-state index contributed by atoms with van der Waals surface area (Å²) in [5.41, 5.74) is 14.5. The van der Waals surface area contributed by atoms with Gasteiger partial charge in [0.15, 0.2) is 0 Å². The van der Waals surface area contributed by atoms with Gasteiger partial charge in [0.05, 0.1) is 0 Å². The van der Waals surface area contributed by atoms with Crippen LogP contribution in [0, 0.1) is 0 Å². The van der Waals surface area contributed by atoms with Gasteiger partial charge >= 0.3 is 0 Å². The minimum Gasteiger partial charge on any atom is -0.456 e. The van der Waals surface area contributed by atoms with E-state index in [2.05, 4.69) is 290 Å². The Morgan fingerprint density at radius 3 is 1.15 bits per heavy atom. The van der Waals surface area contributed by atoms with Crippen LogP contribution in [0.25, 0.3) is 131 Å². The predicted molar refractivity (Wildman–Crippen MR) is 379 cm³/mol. The summed E-state index contributed by atoms with van der Waals surface area (Å²) >= 11 is 6.14. The zero-order valence-corrected chi connectivity index (χ0v) is 49.3. The minimum absolute atomic E-state index is 0.785. The normalized spacial score (nSPS) is 11.5. The number of hydrogen-bond donors (Lipinski definition) is 0. The van der Waals surface area contributed by atoms with E-state index in [1.807, 2.05) is 42.5 Å². The summed E-state index contributed by atoms with van der Waals surface area (Å²) in [5.74, 6) is 0. The highest BCUT2D eigenvalue weighted by atomic mass is 35.5. The van der Waals surface area contributed by atoms with Crippen molar-refractivity contribution in [2.24, 2.45) is 0 Å². The Morgan fingerprint density at radius 1 is 0.225 bits per heavy atom. The molecule has 0 saturated carbocycles. The fourth-order valence-corrected chi connectivity index (χ4v) is 13.2. The second kappa shape index (κ2) is 22.9. The maximum Gasteiger partial charge on any atom is 0.135 e.